The molecule has 5 heteroatoms. The van der Waals surface area contributed by atoms with Gasteiger partial charge in [-0.25, -0.2) is 4.79 Å². The van der Waals surface area contributed by atoms with E-state index in [1.807, 2.05) is 0 Å². The molecule has 0 saturated heterocycles. The van der Waals surface area contributed by atoms with E-state index in [1.165, 1.54) is 6.07 Å². The summed E-state index contributed by atoms with van der Waals surface area (Å²) in [5, 5.41) is 19.0. The van der Waals surface area contributed by atoms with Crippen LogP contribution in [-0.2, 0) is 0 Å². The number of aromatic carboxylic acids is 1. The molecule has 0 aliphatic carbocycles. The highest BCUT2D eigenvalue weighted by molar-refractivity contribution is 5.85. The second kappa shape index (κ2) is 2.45. The average molecular weight is 154 g/mol. The fraction of sp³-hybridized carbons (Fsp3) is 0. The molecule has 0 amide bonds. The first-order chi connectivity index (χ1) is 5.13. The molecule has 0 atom stereocenters. The van der Waals surface area contributed by atoms with Crippen molar-refractivity contribution >= 4 is 5.97 Å². The molecule has 0 aliphatic rings. The number of aromatic nitrogens is 1. The van der Waals surface area contributed by atoms with E-state index < -0.39 is 17.2 Å². The molecule has 0 fully saturated rings. The molecule has 0 saturated carbocycles. The summed E-state index contributed by atoms with van der Waals surface area (Å²) in [6.07, 6.45) is 0. The SMILES string of the molecule is O=C(O)c1cccc(=O)n1[O-]. The van der Waals surface area contributed by atoms with E-state index in [9.17, 15) is 14.8 Å². The molecule has 0 unspecified atom stereocenters. The first-order valence-corrected chi connectivity index (χ1v) is 2.76. The minimum Gasteiger partial charge on any atom is -0.803 e. The van der Waals surface area contributed by atoms with Gasteiger partial charge in [-0.05, 0) is 6.07 Å². The Bertz CT molecular complexity index is 341. The third-order valence-electron chi connectivity index (χ3n) is 1.13. The van der Waals surface area contributed by atoms with Crippen LogP contribution in [0.25, 0.3) is 0 Å². The summed E-state index contributed by atoms with van der Waals surface area (Å²) in [5.41, 5.74) is -1.43. The van der Waals surface area contributed by atoms with Crippen LogP contribution in [0.1, 0.15) is 10.5 Å². The summed E-state index contributed by atoms with van der Waals surface area (Å²) < 4.78 is -0.164. The van der Waals surface area contributed by atoms with Gasteiger partial charge in [0, 0.05) is 6.07 Å². The van der Waals surface area contributed by atoms with Crippen molar-refractivity contribution in [2.24, 2.45) is 0 Å². The zero-order valence-electron chi connectivity index (χ0n) is 5.35. The summed E-state index contributed by atoms with van der Waals surface area (Å²) in [4.78, 5) is 20.7. The average Bonchev–Trinajstić information content (AvgIpc) is 1.94. The van der Waals surface area contributed by atoms with Crippen LogP contribution in [0.5, 0.6) is 0 Å². The van der Waals surface area contributed by atoms with Gasteiger partial charge < -0.3 is 15.0 Å². The van der Waals surface area contributed by atoms with Crippen molar-refractivity contribution in [3.63, 3.8) is 0 Å². The van der Waals surface area contributed by atoms with Crippen molar-refractivity contribution in [2.75, 3.05) is 0 Å². The van der Waals surface area contributed by atoms with Crippen LogP contribution in [0.2, 0.25) is 0 Å². The van der Waals surface area contributed by atoms with Crippen molar-refractivity contribution in [3.05, 3.63) is 39.5 Å². The van der Waals surface area contributed by atoms with Gasteiger partial charge in [0.25, 0.3) is 0 Å². The molecule has 0 bridgehead atoms. The third kappa shape index (κ3) is 1.21. The zero-order valence-corrected chi connectivity index (χ0v) is 5.35. The van der Waals surface area contributed by atoms with Gasteiger partial charge in [-0.1, -0.05) is 6.07 Å². The second-order valence-corrected chi connectivity index (χ2v) is 1.85. The van der Waals surface area contributed by atoms with Crippen LogP contribution in [0.3, 0.4) is 0 Å². The van der Waals surface area contributed by atoms with Crippen LogP contribution < -0.4 is 5.56 Å². The van der Waals surface area contributed by atoms with Crippen molar-refractivity contribution in [1.82, 2.24) is 4.73 Å². The third-order valence-corrected chi connectivity index (χ3v) is 1.13. The molecule has 1 rings (SSSR count). The Morgan fingerprint density at radius 2 is 2.18 bits per heavy atom. The molecule has 0 aliphatic heterocycles. The summed E-state index contributed by atoms with van der Waals surface area (Å²) in [7, 11) is 0. The monoisotopic (exact) mass is 154 g/mol. The molecule has 0 aromatic carbocycles. The molecule has 1 heterocycles. The molecule has 58 valence electrons. The standard InChI is InChI=1S/C6H4NO4/c8-5-3-1-2-4(6(9)10)7(5)11/h1-3H,(H,9,10)/q-1. The predicted octanol–water partition coefficient (Wildman–Crippen LogP) is -0.108. The fourth-order valence-electron chi connectivity index (χ4n) is 0.634. The Hall–Kier alpha value is -1.78. The molecule has 0 spiro atoms. The number of carboxylic acid groups (broad SMARTS) is 1. The summed E-state index contributed by atoms with van der Waals surface area (Å²) in [6.45, 7) is 0. The van der Waals surface area contributed by atoms with E-state index in [0.29, 0.717) is 0 Å². The van der Waals surface area contributed by atoms with Crippen molar-refractivity contribution < 1.29 is 9.90 Å². The Morgan fingerprint density at radius 1 is 1.55 bits per heavy atom. The molecule has 1 N–H and O–H groups in total. The van der Waals surface area contributed by atoms with E-state index in [2.05, 4.69) is 0 Å². The van der Waals surface area contributed by atoms with E-state index >= 15 is 0 Å². The molecule has 1 aromatic rings. The molecular weight excluding hydrogens is 150 g/mol. The highest BCUT2D eigenvalue weighted by Gasteiger charge is 2.02. The maximum atomic E-state index is 10.6. The smallest absolute Gasteiger partial charge is 0.352 e. The van der Waals surface area contributed by atoms with Gasteiger partial charge >= 0.3 is 5.97 Å². The molecule has 0 radical (unpaired) electrons. The maximum absolute atomic E-state index is 10.6. The zero-order chi connectivity index (χ0) is 8.43. The molecular formula is C6H4NO4-. The van der Waals surface area contributed by atoms with E-state index in [0.717, 1.165) is 12.1 Å². The Labute approximate surface area is 61.1 Å². The van der Waals surface area contributed by atoms with E-state index in [4.69, 9.17) is 5.11 Å². The van der Waals surface area contributed by atoms with Crippen molar-refractivity contribution in [1.29, 1.82) is 0 Å². The molecule has 1 aromatic heterocycles. The largest absolute Gasteiger partial charge is 0.803 e. The topological polar surface area (TPSA) is 82.4 Å². The van der Waals surface area contributed by atoms with Crippen LogP contribution in [0, 0.1) is 5.21 Å². The van der Waals surface area contributed by atoms with Gasteiger partial charge in [-0.15, -0.1) is 0 Å². The van der Waals surface area contributed by atoms with Gasteiger partial charge in [0.1, 0.15) is 5.69 Å². The van der Waals surface area contributed by atoms with Gasteiger partial charge in [0.05, 0.1) is 0 Å². The van der Waals surface area contributed by atoms with Gasteiger partial charge in [-0.2, -0.15) is 0 Å². The van der Waals surface area contributed by atoms with Crippen LogP contribution in [-0.4, -0.2) is 15.8 Å². The van der Waals surface area contributed by atoms with Crippen LogP contribution in [0.15, 0.2) is 23.0 Å². The van der Waals surface area contributed by atoms with Crippen molar-refractivity contribution in [2.45, 2.75) is 0 Å². The van der Waals surface area contributed by atoms with Gasteiger partial charge in [-0.3, -0.25) is 4.79 Å². The van der Waals surface area contributed by atoms with E-state index in [-0.39, 0.29) is 4.73 Å². The van der Waals surface area contributed by atoms with Gasteiger partial charge in [0.15, 0.2) is 0 Å². The highest BCUT2D eigenvalue weighted by Crippen LogP contribution is 1.92. The number of pyridine rings is 1. The predicted molar refractivity (Wildman–Crippen MR) is 36.4 cm³/mol. The lowest BCUT2D eigenvalue weighted by molar-refractivity contribution is 0.0687. The Balaban J connectivity index is 3.39. The number of carboxylic acids is 1. The molecule has 11 heavy (non-hydrogen) atoms. The number of hydrogen-bond donors (Lipinski definition) is 1. The number of rotatable bonds is 1. The number of carbonyl (C=O) groups is 1. The minimum atomic E-state index is -1.40. The van der Waals surface area contributed by atoms with E-state index in [1.54, 1.807) is 0 Å². The Morgan fingerprint density at radius 3 is 2.64 bits per heavy atom. The van der Waals surface area contributed by atoms with Crippen molar-refractivity contribution in [3.8, 4) is 0 Å². The summed E-state index contributed by atoms with van der Waals surface area (Å²) >= 11 is 0. The van der Waals surface area contributed by atoms with Crippen LogP contribution >= 0.6 is 0 Å². The quantitative estimate of drug-likeness (QED) is 0.611. The summed E-state index contributed by atoms with van der Waals surface area (Å²) in [5.74, 6) is -1.40. The maximum Gasteiger partial charge on any atom is 0.352 e. The summed E-state index contributed by atoms with van der Waals surface area (Å²) in [6, 6.07) is 3.29. The fourth-order valence-corrected chi connectivity index (χ4v) is 0.634. The van der Waals surface area contributed by atoms with Gasteiger partial charge in [0.2, 0.25) is 5.56 Å². The number of nitrogens with zero attached hydrogens (tertiary/aromatic N) is 1. The lowest BCUT2D eigenvalue weighted by Crippen LogP contribution is -2.20. The molecule has 5 nitrogen and oxygen atoms in total. The van der Waals surface area contributed by atoms with Crippen LogP contribution in [0.4, 0.5) is 0 Å². The first kappa shape index (κ1) is 7.33. The normalized spacial score (nSPS) is 9.45. The Kier molecular flexibility index (Phi) is 1.63. The second-order valence-electron chi connectivity index (χ2n) is 1.85. The minimum absolute atomic E-state index is 0.164. The highest BCUT2D eigenvalue weighted by atomic mass is 16.5. The lowest BCUT2D eigenvalue weighted by atomic mass is 10.3. The number of hydrogen-bond acceptors (Lipinski definition) is 3. The first-order valence-electron chi connectivity index (χ1n) is 2.76. The lowest BCUT2D eigenvalue weighted by Gasteiger charge is -2.10.